The van der Waals surface area contributed by atoms with Crippen LogP contribution in [-0.2, 0) is 6.18 Å². The van der Waals surface area contributed by atoms with Crippen molar-refractivity contribution in [2.45, 2.75) is 6.18 Å². The van der Waals surface area contributed by atoms with E-state index in [1.807, 2.05) is 0 Å². The number of amides is 1. The first kappa shape index (κ1) is 14.8. The molecular weight excluding hydrogens is 263 g/mol. The van der Waals surface area contributed by atoms with Crippen LogP contribution in [0.25, 0.3) is 0 Å². The number of oxime groups is 1. The van der Waals surface area contributed by atoms with E-state index in [-0.39, 0.29) is 17.9 Å². The molecule has 0 fully saturated rings. The van der Waals surface area contributed by atoms with Gasteiger partial charge in [-0.1, -0.05) is 11.2 Å². The van der Waals surface area contributed by atoms with Crippen molar-refractivity contribution in [1.29, 1.82) is 0 Å². The van der Waals surface area contributed by atoms with E-state index in [2.05, 4.69) is 5.16 Å². The Hall–Kier alpha value is -2.25. The zero-order chi connectivity index (χ0) is 14.6. The van der Waals surface area contributed by atoms with Gasteiger partial charge in [-0.15, -0.1) is 0 Å². The second-order valence-electron chi connectivity index (χ2n) is 3.83. The predicted octanol–water partition coefficient (Wildman–Crippen LogP) is 1.52. The van der Waals surface area contributed by atoms with Crippen molar-refractivity contribution in [1.82, 2.24) is 4.90 Å². The molecule has 0 atom stereocenters. The molecule has 1 amide bonds. The van der Waals surface area contributed by atoms with E-state index in [1.54, 1.807) is 0 Å². The van der Waals surface area contributed by atoms with Gasteiger partial charge >= 0.3 is 6.18 Å². The lowest BCUT2D eigenvalue weighted by Crippen LogP contribution is -2.35. The van der Waals surface area contributed by atoms with E-state index in [0.29, 0.717) is 0 Å². The van der Waals surface area contributed by atoms with Gasteiger partial charge in [0.05, 0.1) is 12.1 Å². The predicted molar refractivity (Wildman–Crippen MR) is 61.8 cm³/mol. The van der Waals surface area contributed by atoms with Gasteiger partial charge in [-0.2, -0.15) is 13.2 Å². The second kappa shape index (κ2) is 5.59. The maximum atomic E-state index is 12.5. The summed E-state index contributed by atoms with van der Waals surface area (Å²) in [6, 6.07) is 4.04. The largest absolute Gasteiger partial charge is 0.416 e. The van der Waals surface area contributed by atoms with Crippen molar-refractivity contribution in [3.63, 3.8) is 0 Å². The number of rotatable bonds is 3. The summed E-state index contributed by atoms with van der Waals surface area (Å²) in [5.41, 5.74) is 4.19. The Morgan fingerprint density at radius 3 is 2.63 bits per heavy atom. The van der Waals surface area contributed by atoms with Gasteiger partial charge < -0.3 is 15.8 Å². The van der Waals surface area contributed by atoms with Gasteiger partial charge in [0.1, 0.15) is 0 Å². The highest BCUT2D eigenvalue weighted by Gasteiger charge is 2.31. The standard InChI is InChI=1S/C11H12F3N3O2/c1-17(6-9(15)16-19)10(18)7-3-2-4-8(5-7)11(12,13)14/h2-5,19H,6H2,1H3,(H2,15,16). The van der Waals surface area contributed by atoms with Gasteiger partial charge in [-0.3, -0.25) is 4.79 Å². The molecule has 0 radical (unpaired) electrons. The number of alkyl halides is 3. The molecule has 104 valence electrons. The van der Waals surface area contributed by atoms with Crippen LogP contribution < -0.4 is 5.73 Å². The quantitative estimate of drug-likeness (QED) is 0.380. The SMILES string of the molecule is CN(CC(N)=NO)C(=O)c1cccc(C(F)(F)F)c1. The van der Waals surface area contributed by atoms with Gasteiger partial charge in [-0.05, 0) is 18.2 Å². The molecule has 0 saturated heterocycles. The molecular formula is C11H12F3N3O2. The minimum atomic E-state index is -4.51. The zero-order valence-corrected chi connectivity index (χ0v) is 9.98. The molecule has 0 spiro atoms. The fourth-order valence-corrected chi connectivity index (χ4v) is 1.40. The molecule has 8 heteroatoms. The molecule has 5 nitrogen and oxygen atoms in total. The Morgan fingerprint density at radius 1 is 1.47 bits per heavy atom. The molecule has 19 heavy (non-hydrogen) atoms. The summed E-state index contributed by atoms with van der Waals surface area (Å²) in [7, 11) is 1.33. The number of benzene rings is 1. The Bertz CT molecular complexity index is 500. The smallest absolute Gasteiger partial charge is 0.409 e. The normalized spacial score (nSPS) is 12.3. The van der Waals surface area contributed by atoms with Crippen LogP contribution in [-0.4, -0.2) is 35.4 Å². The highest BCUT2D eigenvalue weighted by Crippen LogP contribution is 2.29. The van der Waals surface area contributed by atoms with Crippen LogP contribution >= 0.6 is 0 Å². The number of amidine groups is 1. The minimum absolute atomic E-state index is 0.122. The van der Waals surface area contributed by atoms with Gasteiger partial charge in [-0.25, -0.2) is 0 Å². The van der Waals surface area contributed by atoms with E-state index in [4.69, 9.17) is 10.9 Å². The zero-order valence-electron chi connectivity index (χ0n) is 9.98. The molecule has 0 aliphatic heterocycles. The lowest BCUT2D eigenvalue weighted by atomic mass is 10.1. The van der Waals surface area contributed by atoms with Gasteiger partial charge in [0.2, 0.25) is 0 Å². The number of halogens is 3. The van der Waals surface area contributed by atoms with Crippen molar-refractivity contribution in [2.24, 2.45) is 10.9 Å². The monoisotopic (exact) mass is 275 g/mol. The van der Waals surface area contributed by atoms with E-state index in [9.17, 15) is 18.0 Å². The molecule has 1 aromatic carbocycles. The fourth-order valence-electron chi connectivity index (χ4n) is 1.40. The Morgan fingerprint density at radius 2 is 2.11 bits per heavy atom. The first-order chi connectivity index (χ1) is 8.75. The summed E-state index contributed by atoms with van der Waals surface area (Å²) in [6.07, 6.45) is -4.51. The molecule has 0 heterocycles. The summed E-state index contributed by atoms with van der Waals surface area (Å²) in [6.45, 7) is -0.189. The Labute approximate surface area is 107 Å². The van der Waals surface area contributed by atoms with Crippen molar-refractivity contribution in [2.75, 3.05) is 13.6 Å². The highest BCUT2D eigenvalue weighted by atomic mass is 19.4. The molecule has 0 aliphatic rings. The fraction of sp³-hybridized carbons (Fsp3) is 0.273. The summed E-state index contributed by atoms with van der Waals surface area (Å²) in [5, 5.41) is 11.0. The molecule has 0 aliphatic carbocycles. The summed E-state index contributed by atoms with van der Waals surface area (Å²) in [5.74, 6) is -0.875. The molecule has 0 aromatic heterocycles. The third-order valence-electron chi connectivity index (χ3n) is 2.31. The van der Waals surface area contributed by atoms with Gasteiger partial charge in [0, 0.05) is 12.6 Å². The molecule has 0 bridgehead atoms. The number of nitrogens with two attached hydrogens (primary N) is 1. The average Bonchev–Trinajstić information content (AvgIpc) is 2.36. The number of hydrogen-bond donors (Lipinski definition) is 2. The van der Waals surface area contributed by atoms with E-state index in [1.165, 1.54) is 13.1 Å². The second-order valence-corrected chi connectivity index (χ2v) is 3.83. The minimum Gasteiger partial charge on any atom is -0.409 e. The molecule has 0 saturated carbocycles. The van der Waals surface area contributed by atoms with Crippen LogP contribution in [0.4, 0.5) is 13.2 Å². The lowest BCUT2D eigenvalue weighted by Gasteiger charge is -2.17. The van der Waals surface area contributed by atoms with Crippen LogP contribution in [0.15, 0.2) is 29.4 Å². The Balaban J connectivity index is 2.94. The van der Waals surface area contributed by atoms with Crippen LogP contribution in [0.1, 0.15) is 15.9 Å². The molecule has 3 N–H and O–H groups in total. The number of hydrogen-bond acceptors (Lipinski definition) is 3. The van der Waals surface area contributed by atoms with Gasteiger partial charge in [0.25, 0.3) is 5.91 Å². The highest BCUT2D eigenvalue weighted by molar-refractivity contribution is 5.96. The molecule has 1 aromatic rings. The number of likely N-dealkylation sites (N-methyl/N-ethyl adjacent to an activating group) is 1. The maximum absolute atomic E-state index is 12.5. The van der Waals surface area contributed by atoms with Crippen molar-refractivity contribution in [3.8, 4) is 0 Å². The van der Waals surface area contributed by atoms with Crippen molar-refractivity contribution >= 4 is 11.7 Å². The lowest BCUT2D eigenvalue weighted by molar-refractivity contribution is -0.137. The Kier molecular flexibility index (Phi) is 4.36. The summed E-state index contributed by atoms with van der Waals surface area (Å²) in [4.78, 5) is 12.9. The topological polar surface area (TPSA) is 78.9 Å². The van der Waals surface area contributed by atoms with Gasteiger partial charge in [0.15, 0.2) is 5.84 Å². The average molecular weight is 275 g/mol. The van der Waals surface area contributed by atoms with Crippen molar-refractivity contribution in [3.05, 3.63) is 35.4 Å². The maximum Gasteiger partial charge on any atom is 0.416 e. The molecule has 1 rings (SSSR count). The number of carbonyl (C=O) groups is 1. The van der Waals surface area contributed by atoms with Crippen LogP contribution in [0.3, 0.4) is 0 Å². The third-order valence-corrected chi connectivity index (χ3v) is 2.31. The summed E-state index contributed by atoms with van der Waals surface area (Å²) < 4.78 is 37.5. The number of nitrogens with zero attached hydrogens (tertiary/aromatic N) is 2. The summed E-state index contributed by atoms with van der Waals surface area (Å²) >= 11 is 0. The van der Waals surface area contributed by atoms with E-state index < -0.39 is 17.6 Å². The van der Waals surface area contributed by atoms with Crippen LogP contribution in [0.2, 0.25) is 0 Å². The van der Waals surface area contributed by atoms with Crippen molar-refractivity contribution < 1.29 is 23.2 Å². The van der Waals surface area contributed by atoms with Crippen LogP contribution in [0, 0.1) is 0 Å². The first-order valence-electron chi connectivity index (χ1n) is 5.15. The van der Waals surface area contributed by atoms with E-state index >= 15 is 0 Å². The number of carbonyl (C=O) groups excluding carboxylic acids is 1. The third kappa shape index (κ3) is 3.87. The van der Waals surface area contributed by atoms with Crippen LogP contribution in [0.5, 0.6) is 0 Å². The molecule has 0 unspecified atom stereocenters. The first-order valence-corrected chi connectivity index (χ1v) is 5.15. The van der Waals surface area contributed by atoms with E-state index in [0.717, 1.165) is 23.1 Å².